The van der Waals surface area contributed by atoms with Gasteiger partial charge in [-0.2, -0.15) is 0 Å². The molecule has 1 atom stereocenters. The molecule has 7 nitrogen and oxygen atoms in total. The minimum absolute atomic E-state index is 0.214. The second kappa shape index (κ2) is 10.9. The van der Waals surface area contributed by atoms with Crippen LogP contribution in [0.1, 0.15) is 19.4 Å². The molecular formula is C22H28N2O5. The molecule has 29 heavy (non-hydrogen) atoms. The number of likely N-dealkylation sites (N-methyl/N-ethyl adjacent to an activating group) is 1. The molecule has 1 N–H and O–H groups in total. The highest BCUT2D eigenvalue weighted by Gasteiger charge is 2.26. The lowest BCUT2D eigenvalue weighted by Crippen LogP contribution is -2.49. The highest BCUT2D eigenvalue weighted by Crippen LogP contribution is 2.26. The Morgan fingerprint density at radius 1 is 1.03 bits per heavy atom. The number of carbonyl (C=O) groups excluding carboxylic acids is 2. The van der Waals surface area contributed by atoms with Crippen LogP contribution >= 0.6 is 0 Å². The van der Waals surface area contributed by atoms with Crippen LogP contribution in [0.5, 0.6) is 17.2 Å². The number of ether oxygens (including phenoxy) is 3. The minimum Gasteiger partial charge on any atom is -0.497 e. The number of hydrogen-bond donors (Lipinski definition) is 1. The van der Waals surface area contributed by atoms with Gasteiger partial charge in [0.1, 0.15) is 11.8 Å². The van der Waals surface area contributed by atoms with E-state index >= 15 is 0 Å². The monoisotopic (exact) mass is 400 g/mol. The van der Waals surface area contributed by atoms with Gasteiger partial charge in [-0.25, -0.2) is 0 Å². The van der Waals surface area contributed by atoms with Gasteiger partial charge in [0.15, 0.2) is 18.1 Å². The number of nitrogens with zero attached hydrogens (tertiary/aromatic N) is 1. The first-order chi connectivity index (χ1) is 14.0. The summed E-state index contributed by atoms with van der Waals surface area (Å²) in [7, 11) is 3.12. The number of para-hydroxylation sites is 2. The first-order valence-electron chi connectivity index (χ1n) is 9.46. The van der Waals surface area contributed by atoms with Crippen molar-refractivity contribution in [2.75, 3.05) is 27.4 Å². The SMILES string of the molecule is CCNC(=O)C(C)N(Cc1cccc(OC)c1)C(=O)COc1ccccc1OC. The van der Waals surface area contributed by atoms with Gasteiger partial charge in [0, 0.05) is 13.1 Å². The Hall–Kier alpha value is -3.22. The quantitative estimate of drug-likeness (QED) is 0.663. The molecule has 7 heteroatoms. The molecule has 0 spiro atoms. The molecule has 0 saturated heterocycles. The van der Waals surface area contributed by atoms with Crippen molar-refractivity contribution in [3.05, 3.63) is 54.1 Å². The van der Waals surface area contributed by atoms with Crippen molar-refractivity contribution in [2.24, 2.45) is 0 Å². The fraction of sp³-hybridized carbons (Fsp3) is 0.364. The second-order valence-corrected chi connectivity index (χ2v) is 6.38. The molecule has 0 aromatic heterocycles. The number of nitrogens with one attached hydrogen (secondary N) is 1. The maximum absolute atomic E-state index is 13.0. The largest absolute Gasteiger partial charge is 0.497 e. The van der Waals surface area contributed by atoms with E-state index in [4.69, 9.17) is 14.2 Å². The third kappa shape index (κ3) is 6.14. The van der Waals surface area contributed by atoms with Gasteiger partial charge >= 0.3 is 0 Å². The van der Waals surface area contributed by atoms with Crippen LogP contribution in [0.25, 0.3) is 0 Å². The van der Waals surface area contributed by atoms with E-state index in [0.29, 0.717) is 23.8 Å². The average Bonchev–Trinajstić information content (AvgIpc) is 2.75. The van der Waals surface area contributed by atoms with E-state index in [2.05, 4.69) is 5.32 Å². The van der Waals surface area contributed by atoms with Gasteiger partial charge in [0.25, 0.3) is 5.91 Å². The molecule has 0 aliphatic carbocycles. The molecule has 0 saturated carbocycles. The van der Waals surface area contributed by atoms with Crippen molar-refractivity contribution >= 4 is 11.8 Å². The smallest absolute Gasteiger partial charge is 0.261 e. The molecule has 156 valence electrons. The minimum atomic E-state index is -0.657. The van der Waals surface area contributed by atoms with E-state index in [-0.39, 0.29) is 25.0 Å². The van der Waals surface area contributed by atoms with Crippen LogP contribution in [-0.4, -0.2) is 50.1 Å². The third-order valence-electron chi connectivity index (χ3n) is 4.43. The van der Waals surface area contributed by atoms with Crippen LogP contribution in [0.15, 0.2) is 48.5 Å². The van der Waals surface area contributed by atoms with Crippen molar-refractivity contribution < 1.29 is 23.8 Å². The third-order valence-corrected chi connectivity index (χ3v) is 4.43. The summed E-state index contributed by atoms with van der Waals surface area (Å²) in [4.78, 5) is 26.9. The van der Waals surface area contributed by atoms with Gasteiger partial charge < -0.3 is 24.4 Å². The summed E-state index contributed by atoms with van der Waals surface area (Å²) in [6, 6.07) is 13.8. The zero-order chi connectivity index (χ0) is 21.2. The standard InChI is InChI=1S/C22H28N2O5/c1-5-23-22(26)16(2)24(14-17-9-8-10-18(13-17)27-3)21(25)15-29-20-12-7-6-11-19(20)28-4/h6-13,16H,5,14-15H2,1-4H3,(H,23,26). The first-order valence-corrected chi connectivity index (χ1v) is 9.46. The number of methoxy groups -OCH3 is 2. The Labute approximate surface area is 171 Å². The molecule has 0 fully saturated rings. The van der Waals surface area contributed by atoms with Crippen molar-refractivity contribution in [1.29, 1.82) is 0 Å². The molecule has 0 aliphatic heterocycles. The van der Waals surface area contributed by atoms with Crippen LogP contribution in [-0.2, 0) is 16.1 Å². The fourth-order valence-corrected chi connectivity index (χ4v) is 2.83. The van der Waals surface area contributed by atoms with E-state index in [0.717, 1.165) is 5.56 Å². The summed E-state index contributed by atoms with van der Waals surface area (Å²) < 4.78 is 16.2. The van der Waals surface area contributed by atoms with Gasteiger partial charge in [-0.15, -0.1) is 0 Å². The summed E-state index contributed by atoms with van der Waals surface area (Å²) in [5.41, 5.74) is 0.853. The van der Waals surface area contributed by atoms with E-state index in [9.17, 15) is 9.59 Å². The molecule has 1 unspecified atom stereocenters. The van der Waals surface area contributed by atoms with Gasteiger partial charge in [-0.3, -0.25) is 9.59 Å². The zero-order valence-corrected chi connectivity index (χ0v) is 17.3. The van der Waals surface area contributed by atoms with E-state index in [1.54, 1.807) is 32.2 Å². The van der Waals surface area contributed by atoms with Crippen molar-refractivity contribution in [3.8, 4) is 17.2 Å². The number of carbonyl (C=O) groups is 2. The molecule has 2 aromatic rings. The highest BCUT2D eigenvalue weighted by molar-refractivity contribution is 5.87. The predicted octanol–water partition coefficient (Wildman–Crippen LogP) is 2.64. The number of hydrogen-bond acceptors (Lipinski definition) is 5. The lowest BCUT2D eigenvalue weighted by Gasteiger charge is -2.28. The van der Waals surface area contributed by atoms with Gasteiger partial charge in [-0.1, -0.05) is 24.3 Å². The Balaban J connectivity index is 2.18. The van der Waals surface area contributed by atoms with E-state index in [1.807, 2.05) is 37.3 Å². The number of benzene rings is 2. The Kier molecular flexibility index (Phi) is 8.33. The van der Waals surface area contributed by atoms with Crippen molar-refractivity contribution in [2.45, 2.75) is 26.4 Å². The average molecular weight is 400 g/mol. The Bertz CT molecular complexity index is 824. The molecule has 2 amide bonds. The lowest BCUT2D eigenvalue weighted by atomic mass is 10.1. The first kappa shape index (κ1) is 22.1. The van der Waals surface area contributed by atoms with E-state index < -0.39 is 6.04 Å². The Morgan fingerprint density at radius 3 is 2.41 bits per heavy atom. The second-order valence-electron chi connectivity index (χ2n) is 6.38. The molecule has 0 bridgehead atoms. The summed E-state index contributed by atoms with van der Waals surface area (Å²) in [5.74, 6) is 1.16. The molecule has 0 heterocycles. The summed E-state index contributed by atoms with van der Waals surface area (Å²) >= 11 is 0. The van der Waals surface area contributed by atoms with Gasteiger partial charge in [0.2, 0.25) is 5.91 Å². The number of amides is 2. The van der Waals surface area contributed by atoms with Gasteiger partial charge in [-0.05, 0) is 43.7 Å². The van der Waals surface area contributed by atoms with Crippen LogP contribution in [0.3, 0.4) is 0 Å². The van der Waals surface area contributed by atoms with Crippen molar-refractivity contribution in [1.82, 2.24) is 10.2 Å². The molecular weight excluding hydrogens is 372 g/mol. The topological polar surface area (TPSA) is 77.1 Å². The molecule has 0 aliphatic rings. The lowest BCUT2D eigenvalue weighted by molar-refractivity contribution is -0.142. The van der Waals surface area contributed by atoms with Crippen LogP contribution in [0.2, 0.25) is 0 Å². The van der Waals surface area contributed by atoms with Crippen LogP contribution < -0.4 is 19.5 Å². The van der Waals surface area contributed by atoms with Crippen LogP contribution in [0, 0.1) is 0 Å². The number of rotatable bonds is 10. The van der Waals surface area contributed by atoms with Gasteiger partial charge in [0.05, 0.1) is 14.2 Å². The Morgan fingerprint density at radius 2 is 1.76 bits per heavy atom. The summed E-state index contributed by atoms with van der Waals surface area (Å²) in [5, 5.41) is 2.76. The van der Waals surface area contributed by atoms with Crippen LogP contribution in [0.4, 0.5) is 0 Å². The van der Waals surface area contributed by atoms with E-state index in [1.165, 1.54) is 12.0 Å². The predicted molar refractivity (Wildman–Crippen MR) is 110 cm³/mol. The maximum atomic E-state index is 13.0. The van der Waals surface area contributed by atoms with Crippen molar-refractivity contribution in [3.63, 3.8) is 0 Å². The fourth-order valence-electron chi connectivity index (χ4n) is 2.83. The maximum Gasteiger partial charge on any atom is 0.261 e. The molecule has 2 rings (SSSR count). The highest BCUT2D eigenvalue weighted by atomic mass is 16.5. The normalized spacial score (nSPS) is 11.3. The summed E-state index contributed by atoms with van der Waals surface area (Å²) in [6.45, 7) is 4.07. The summed E-state index contributed by atoms with van der Waals surface area (Å²) in [6.07, 6.45) is 0. The zero-order valence-electron chi connectivity index (χ0n) is 17.3. The molecule has 2 aromatic carbocycles. The molecule has 0 radical (unpaired) electrons.